The van der Waals surface area contributed by atoms with E-state index in [9.17, 15) is 0 Å². The van der Waals surface area contributed by atoms with E-state index >= 15 is 0 Å². The van der Waals surface area contributed by atoms with E-state index in [0.717, 1.165) is 42.2 Å². The second-order valence-corrected chi connectivity index (χ2v) is 6.88. The maximum atomic E-state index is 4.45. The number of aliphatic imine (C=N–C) groups is 1. The van der Waals surface area contributed by atoms with Crippen LogP contribution < -0.4 is 10.6 Å². The Kier molecular flexibility index (Phi) is 5.99. The summed E-state index contributed by atoms with van der Waals surface area (Å²) in [6.45, 7) is 11.7. The van der Waals surface area contributed by atoms with E-state index in [4.69, 9.17) is 0 Å². The van der Waals surface area contributed by atoms with Crippen molar-refractivity contribution in [2.24, 2.45) is 10.9 Å². The van der Waals surface area contributed by atoms with Crippen molar-refractivity contribution in [1.29, 1.82) is 0 Å². The van der Waals surface area contributed by atoms with Crippen molar-refractivity contribution in [3.05, 3.63) is 15.6 Å². The second-order valence-electron chi connectivity index (χ2n) is 5.60. The largest absolute Gasteiger partial charge is 0.356 e. The number of aromatic nitrogens is 1. The highest BCUT2D eigenvalue weighted by Gasteiger charge is 2.21. The number of guanidine groups is 1. The molecular weight excluding hydrogens is 282 g/mol. The first kappa shape index (κ1) is 16.2. The quantitative estimate of drug-likeness (QED) is 0.643. The van der Waals surface area contributed by atoms with Crippen molar-refractivity contribution in [3.8, 4) is 0 Å². The third-order valence-electron chi connectivity index (χ3n) is 4.01. The molecule has 0 bridgehead atoms. The van der Waals surface area contributed by atoms with Gasteiger partial charge in [-0.25, -0.2) is 4.98 Å². The Balaban J connectivity index is 1.75. The van der Waals surface area contributed by atoms with Gasteiger partial charge in [-0.2, -0.15) is 0 Å². The highest BCUT2D eigenvalue weighted by Crippen LogP contribution is 2.16. The van der Waals surface area contributed by atoms with Crippen molar-refractivity contribution < 1.29 is 0 Å². The van der Waals surface area contributed by atoms with Crippen LogP contribution in [0.25, 0.3) is 0 Å². The van der Waals surface area contributed by atoms with Gasteiger partial charge in [-0.3, -0.25) is 4.99 Å². The van der Waals surface area contributed by atoms with Gasteiger partial charge in [-0.1, -0.05) is 6.92 Å². The maximum Gasteiger partial charge on any atom is 0.191 e. The molecule has 1 aliphatic heterocycles. The minimum atomic E-state index is 0.732. The summed E-state index contributed by atoms with van der Waals surface area (Å²) in [7, 11) is 1.83. The zero-order chi connectivity index (χ0) is 15.2. The molecule has 1 saturated heterocycles. The number of hydrogen-bond donors (Lipinski definition) is 2. The molecule has 6 heteroatoms. The summed E-state index contributed by atoms with van der Waals surface area (Å²) in [5.74, 6) is 1.62. The van der Waals surface area contributed by atoms with Crippen LogP contribution in [0.5, 0.6) is 0 Å². The van der Waals surface area contributed by atoms with Crippen LogP contribution >= 0.6 is 11.3 Å². The molecule has 1 aromatic rings. The van der Waals surface area contributed by atoms with Crippen LogP contribution in [0.4, 0.5) is 0 Å². The third-order valence-corrected chi connectivity index (χ3v) is 5.09. The standard InChI is InChI=1S/C15H27N5S/c1-5-20-7-6-13(10-20)8-17-15(16-4)18-9-14-11(2)19-12(3)21-14/h13H,5-10H2,1-4H3,(H2,16,17,18). The van der Waals surface area contributed by atoms with Crippen molar-refractivity contribution in [3.63, 3.8) is 0 Å². The van der Waals surface area contributed by atoms with E-state index < -0.39 is 0 Å². The Morgan fingerprint density at radius 3 is 2.81 bits per heavy atom. The van der Waals surface area contributed by atoms with Crippen LogP contribution in [0.1, 0.15) is 28.9 Å². The van der Waals surface area contributed by atoms with E-state index in [1.54, 1.807) is 11.3 Å². The first-order valence-electron chi connectivity index (χ1n) is 7.72. The molecule has 1 aromatic heterocycles. The molecule has 1 fully saturated rings. The molecule has 1 unspecified atom stereocenters. The SMILES string of the molecule is CCN1CCC(CNC(=NC)NCc2sc(C)nc2C)C1. The fraction of sp³-hybridized carbons (Fsp3) is 0.733. The maximum absolute atomic E-state index is 4.45. The van der Waals surface area contributed by atoms with E-state index in [0.29, 0.717) is 0 Å². The van der Waals surface area contributed by atoms with Gasteiger partial charge in [0.2, 0.25) is 0 Å². The van der Waals surface area contributed by atoms with Gasteiger partial charge in [0, 0.05) is 25.0 Å². The Morgan fingerprint density at radius 1 is 1.43 bits per heavy atom. The lowest BCUT2D eigenvalue weighted by Crippen LogP contribution is -2.39. The minimum Gasteiger partial charge on any atom is -0.356 e. The van der Waals surface area contributed by atoms with Gasteiger partial charge in [0.05, 0.1) is 17.2 Å². The molecule has 5 nitrogen and oxygen atoms in total. The van der Waals surface area contributed by atoms with E-state index in [-0.39, 0.29) is 0 Å². The van der Waals surface area contributed by atoms with Gasteiger partial charge >= 0.3 is 0 Å². The number of rotatable bonds is 5. The molecule has 2 heterocycles. The van der Waals surface area contributed by atoms with Gasteiger partial charge in [-0.05, 0) is 39.3 Å². The summed E-state index contributed by atoms with van der Waals surface area (Å²) in [5, 5.41) is 7.96. The first-order chi connectivity index (χ1) is 10.1. The van der Waals surface area contributed by atoms with Crippen LogP contribution in [0, 0.1) is 19.8 Å². The molecule has 0 spiro atoms. The summed E-state index contributed by atoms with van der Waals surface area (Å²) in [4.78, 5) is 12.6. The fourth-order valence-corrected chi connectivity index (χ4v) is 3.61. The number of likely N-dealkylation sites (tertiary alicyclic amines) is 1. The Hall–Kier alpha value is -1.14. The highest BCUT2D eigenvalue weighted by atomic mass is 32.1. The summed E-state index contributed by atoms with van der Waals surface area (Å²) >= 11 is 1.75. The highest BCUT2D eigenvalue weighted by molar-refractivity contribution is 7.11. The lowest BCUT2D eigenvalue weighted by atomic mass is 10.1. The van der Waals surface area contributed by atoms with Crippen LogP contribution in [-0.2, 0) is 6.54 Å². The molecule has 1 aliphatic rings. The second kappa shape index (κ2) is 7.75. The normalized spacial score (nSPS) is 20.0. The Morgan fingerprint density at radius 2 is 2.24 bits per heavy atom. The monoisotopic (exact) mass is 309 g/mol. The summed E-state index contributed by atoms with van der Waals surface area (Å²) in [6, 6.07) is 0. The average molecular weight is 309 g/mol. The number of thiazole rings is 1. The molecule has 0 amide bonds. The minimum absolute atomic E-state index is 0.732. The molecule has 0 aromatic carbocycles. The van der Waals surface area contributed by atoms with Gasteiger partial charge < -0.3 is 15.5 Å². The van der Waals surface area contributed by atoms with Gasteiger partial charge in [-0.15, -0.1) is 11.3 Å². The molecular formula is C15H27N5S. The predicted octanol–water partition coefficient (Wildman–Crippen LogP) is 1.77. The van der Waals surface area contributed by atoms with Gasteiger partial charge in [0.15, 0.2) is 5.96 Å². The summed E-state index contributed by atoms with van der Waals surface area (Å²) < 4.78 is 0. The average Bonchev–Trinajstić information content (AvgIpc) is 3.05. The molecule has 2 N–H and O–H groups in total. The van der Waals surface area contributed by atoms with Gasteiger partial charge in [0.25, 0.3) is 0 Å². The van der Waals surface area contributed by atoms with Gasteiger partial charge in [0.1, 0.15) is 0 Å². The van der Waals surface area contributed by atoms with Crippen LogP contribution in [0.2, 0.25) is 0 Å². The fourth-order valence-electron chi connectivity index (χ4n) is 2.73. The molecule has 1 atom stereocenters. The van der Waals surface area contributed by atoms with Crippen molar-refractivity contribution in [2.45, 2.75) is 33.7 Å². The van der Waals surface area contributed by atoms with E-state index in [1.165, 1.54) is 24.4 Å². The predicted molar refractivity (Wildman–Crippen MR) is 90.0 cm³/mol. The molecule has 0 radical (unpaired) electrons. The number of nitrogens with one attached hydrogen (secondary N) is 2. The summed E-state index contributed by atoms with van der Waals surface area (Å²) in [5.41, 5.74) is 1.12. The van der Waals surface area contributed by atoms with E-state index in [2.05, 4.69) is 39.4 Å². The Bertz CT molecular complexity index is 482. The molecule has 0 saturated carbocycles. The number of hydrogen-bond acceptors (Lipinski definition) is 4. The lowest BCUT2D eigenvalue weighted by molar-refractivity contribution is 0.342. The third kappa shape index (κ3) is 4.68. The molecule has 2 rings (SSSR count). The lowest BCUT2D eigenvalue weighted by Gasteiger charge is -2.16. The summed E-state index contributed by atoms with van der Waals surface area (Å²) in [6.07, 6.45) is 1.28. The van der Waals surface area contributed by atoms with Crippen LogP contribution in [-0.4, -0.2) is 49.1 Å². The smallest absolute Gasteiger partial charge is 0.191 e. The topological polar surface area (TPSA) is 52.5 Å². The zero-order valence-electron chi connectivity index (χ0n) is 13.6. The number of aryl methyl sites for hydroxylation is 2. The first-order valence-corrected chi connectivity index (χ1v) is 8.53. The van der Waals surface area contributed by atoms with Crippen LogP contribution in [0.3, 0.4) is 0 Å². The van der Waals surface area contributed by atoms with E-state index in [1.807, 2.05) is 14.0 Å². The molecule has 118 valence electrons. The van der Waals surface area contributed by atoms with Crippen molar-refractivity contribution >= 4 is 17.3 Å². The van der Waals surface area contributed by atoms with Crippen molar-refractivity contribution in [2.75, 3.05) is 33.2 Å². The number of nitrogens with zero attached hydrogens (tertiary/aromatic N) is 3. The van der Waals surface area contributed by atoms with Crippen LogP contribution in [0.15, 0.2) is 4.99 Å². The molecule has 0 aliphatic carbocycles. The Labute approximate surface area is 131 Å². The zero-order valence-corrected chi connectivity index (χ0v) is 14.4. The van der Waals surface area contributed by atoms with Crippen molar-refractivity contribution in [1.82, 2.24) is 20.5 Å². The molecule has 21 heavy (non-hydrogen) atoms.